The maximum absolute atomic E-state index is 13.0. The molecular weight excluding hydrogens is 205 g/mol. The molecule has 1 amide bonds. The Balaban J connectivity index is 2.08. The minimum Gasteiger partial charge on any atom is -0.386 e. The summed E-state index contributed by atoms with van der Waals surface area (Å²) in [5.74, 6) is -0.810. The third kappa shape index (κ3) is 1.53. The van der Waals surface area contributed by atoms with Crippen LogP contribution >= 0.6 is 11.3 Å². The molecule has 5 heteroatoms. The number of rotatable bonds is 1. The zero-order valence-corrected chi connectivity index (χ0v) is 8.47. The predicted molar refractivity (Wildman–Crippen MR) is 50.8 cm³/mol. The number of aliphatic hydroxyl groups is 1. The molecule has 14 heavy (non-hydrogen) atoms. The van der Waals surface area contributed by atoms with E-state index < -0.39 is 11.4 Å². The molecule has 1 aromatic heterocycles. The van der Waals surface area contributed by atoms with E-state index in [-0.39, 0.29) is 23.9 Å². The lowest BCUT2D eigenvalue weighted by molar-refractivity contribution is -0.0668. The topological polar surface area (TPSA) is 40.5 Å². The van der Waals surface area contributed by atoms with Crippen LogP contribution in [0, 0.1) is 5.82 Å². The summed E-state index contributed by atoms with van der Waals surface area (Å²) in [7, 11) is 0. The number of thiophene rings is 1. The lowest BCUT2D eigenvalue weighted by Crippen LogP contribution is -2.61. The van der Waals surface area contributed by atoms with E-state index in [1.807, 2.05) is 0 Å². The highest BCUT2D eigenvalue weighted by Gasteiger charge is 2.40. The molecular formula is C9H10FNO2S. The summed E-state index contributed by atoms with van der Waals surface area (Å²) >= 11 is 1.09. The van der Waals surface area contributed by atoms with Gasteiger partial charge in [0.05, 0.1) is 18.7 Å². The van der Waals surface area contributed by atoms with Gasteiger partial charge < -0.3 is 10.0 Å². The van der Waals surface area contributed by atoms with E-state index in [1.165, 1.54) is 11.0 Å². The molecule has 76 valence electrons. The second-order valence-corrected chi connectivity index (χ2v) is 4.67. The summed E-state index contributed by atoms with van der Waals surface area (Å²) in [6.07, 6.45) is 0. The fourth-order valence-electron chi connectivity index (χ4n) is 1.51. The largest absolute Gasteiger partial charge is 0.386 e. The van der Waals surface area contributed by atoms with Gasteiger partial charge in [0.25, 0.3) is 5.91 Å². The van der Waals surface area contributed by atoms with E-state index in [0.717, 1.165) is 11.3 Å². The molecule has 1 aromatic rings. The first-order valence-electron chi connectivity index (χ1n) is 4.24. The Morgan fingerprint density at radius 3 is 2.79 bits per heavy atom. The van der Waals surface area contributed by atoms with Crippen molar-refractivity contribution in [3.8, 4) is 0 Å². The van der Waals surface area contributed by atoms with Crippen molar-refractivity contribution in [1.82, 2.24) is 4.90 Å². The number of carbonyl (C=O) groups is 1. The monoisotopic (exact) mass is 215 g/mol. The van der Waals surface area contributed by atoms with Crippen molar-refractivity contribution in [3.05, 3.63) is 22.1 Å². The van der Waals surface area contributed by atoms with Gasteiger partial charge in [-0.25, -0.2) is 4.39 Å². The van der Waals surface area contributed by atoms with Crippen LogP contribution in [0.15, 0.2) is 11.4 Å². The molecule has 2 rings (SSSR count). The van der Waals surface area contributed by atoms with Crippen LogP contribution in [0.5, 0.6) is 0 Å². The third-order valence-electron chi connectivity index (χ3n) is 2.16. The van der Waals surface area contributed by atoms with Gasteiger partial charge in [0.15, 0.2) is 0 Å². The Labute approximate surface area is 84.8 Å². The molecule has 1 saturated heterocycles. The Kier molecular flexibility index (Phi) is 2.08. The van der Waals surface area contributed by atoms with Gasteiger partial charge in [0, 0.05) is 0 Å². The number of halogens is 1. The van der Waals surface area contributed by atoms with Gasteiger partial charge in [-0.1, -0.05) is 0 Å². The number of nitrogens with zero attached hydrogens (tertiary/aromatic N) is 1. The molecule has 0 atom stereocenters. The van der Waals surface area contributed by atoms with Crippen molar-refractivity contribution >= 4 is 17.2 Å². The first kappa shape index (κ1) is 9.61. The van der Waals surface area contributed by atoms with Crippen molar-refractivity contribution in [1.29, 1.82) is 0 Å². The first-order valence-corrected chi connectivity index (χ1v) is 5.12. The van der Waals surface area contributed by atoms with Crippen molar-refractivity contribution in [2.75, 3.05) is 13.1 Å². The number of likely N-dealkylation sites (tertiary alicyclic amines) is 1. The fraction of sp³-hybridized carbons (Fsp3) is 0.444. The van der Waals surface area contributed by atoms with Gasteiger partial charge in [0.1, 0.15) is 10.7 Å². The third-order valence-corrected chi connectivity index (χ3v) is 3.04. The molecule has 0 aromatic carbocycles. The smallest absolute Gasteiger partial charge is 0.267 e. The Morgan fingerprint density at radius 2 is 2.36 bits per heavy atom. The van der Waals surface area contributed by atoms with Crippen LogP contribution in [0.1, 0.15) is 16.6 Å². The normalized spacial score (nSPS) is 19.2. The average Bonchev–Trinajstić information content (AvgIpc) is 2.45. The highest BCUT2D eigenvalue weighted by atomic mass is 32.1. The van der Waals surface area contributed by atoms with Crippen LogP contribution in [0.4, 0.5) is 4.39 Å². The van der Waals surface area contributed by atoms with Crippen LogP contribution in [-0.4, -0.2) is 34.6 Å². The van der Waals surface area contributed by atoms with Crippen LogP contribution < -0.4 is 0 Å². The molecule has 1 fully saturated rings. The van der Waals surface area contributed by atoms with Crippen molar-refractivity contribution in [2.45, 2.75) is 12.5 Å². The summed E-state index contributed by atoms with van der Waals surface area (Å²) in [5.41, 5.74) is -0.802. The molecule has 1 aliphatic rings. The number of hydrogen-bond donors (Lipinski definition) is 1. The number of β-amino-alcohol motifs (C(OH)–C–C–N with tert-alkyl or cyclic N) is 1. The minimum atomic E-state index is -0.802. The van der Waals surface area contributed by atoms with E-state index in [4.69, 9.17) is 0 Å². The number of amides is 1. The van der Waals surface area contributed by atoms with E-state index in [2.05, 4.69) is 0 Å². The van der Waals surface area contributed by atoms with Crippen LogP contribution in [-0.2, 0) is 0 Å². The Hall–Kier alpha value is -0.940. The van der Waals surface area contributed by atoms with Crippen molar-refractivity contribution in [3.63, 3.8) is 0 Å². The van der Waals surface area contributed by atoms with Gasteiger partial charge in [-0.2, -0.15) is 0 Å². The molecule has 0 unspecified atom stereocenters. The Bertz CT molecular complexity index is 367. The minimum absolute atomic E-state index is 0.125. The van der Waals surface area contributed by atoms with Gasteiger partial charge in [-0.05, 0) is 18.4 Å². The summed E-state index contributed by atoms with van der Waals surface area (Å²) in [6.45, 7) is 2.22. The highest BCUT2D eigenvalue weighted by Crippen LogP contribution is 2.25. The fourth-order valence-corrected chi connectivity index (χ4v) is 2.24. The van der Waals surface area contributed by atoms with E-state index in [9.17, 15) is 14.3 Å². The SMILES string of the molecule is CC1(O)CN(C(=O)c2sccc2F)C1. The van der Waals surface area contributed by atoms with Crippen LogP contribution in [0.2, 0.25) is 0 Å². The maximum atomic E-state index is 13.0. The van der Waals surface area contributed by atoms with Crippen molar-refractivity contribution in [2.24, 2.45) is 0 Å². The van der Waals surface area contributed by atoms with E-state index >= 15 is 0 Å². The molecule has 2 heterocycles. The maximum Gasteiger partial charge on any atom is 0.267 e. The zero-order valence-electron chi connectivity index (χ0n) is 7.66. The summed E-state index contributed by atoms with van der Waals surface area (Å²) < 4.78 is 13.0. The summed E-state index contributed by atoms with van der Waals surface area (Å²) in [4.78, 5) is 13.1. The average molecular weight is 215 g/mol. The summed E-state index contributed by atoms with van der Waals surface area (Å²) in [5, 5.41) is 11.0. The highest BCUT2D eigenvalue weighted by molar-refractivity contribution is 7.12. The quantitative estimate of drug-likeness (QED) is 0.762. The molecule has 1 aliphatic heterocycles. The number of carbonyl (C=O) groups excluding carboxylic acids is 1. The van der Waals surface area contributed by atoms with Crippen LogP contribution in [0.3, 0.4) is 0 Å². The standard InChI is InChI=1S/C9H10FNO2S/c1-9(13)4-11(5-9)8(12)7-6(10)2-3-14-7/h2-3,13H,4-5H2,1H3. The molecule has 0 saturated carbocycles. The van der Waals surface area contributed by atoms with E-state index in [0.29, 0.717) is 0 Å². The molecule has 3 nitrogen and oxygen atoms in total. The lowest BCUT2D eigenvalue weighted by Gasteiger charge is -2.43. The van der Waals surface area contributed by atoms with Crippen LogP contribution in [0.25, 0.3) is 0 Å². The zero-order chi connectivity index (χ0) is 10.3. The van der Waals surface area contributed by atoms with Crippen molar-refractivity contribution < 1.29 is 14.3 Å². The first-order chi connectivity index (χ1) is 6.49. The lowest BCUT2D eigenvalue weighted by atomic mass is 9.97. The van der Waals surface area contributed by atoms with E-state index in [1.54, 1.807) is 12.3 Å². The van der Waals surface area contributed by atoms with Gasteiger partial charge in [-0.15, -0.1) is 11.3 Å². The second-order valence-electron chi connectivity index (χ2n) is 3.76. The van der Waals surface area contributed by atoms with Gasteiger partial charge in [-0.3, -0.25) is 4.79 Å². The molecule has 0 spiro atoms. The molecule has 0 aliphatic carbocycles. The second kappa shape index (κ2) is 3.03. The molecule has 0 radical (unpaired) electrons. The molecule has 1 N–H and O–H groups in total. The number of hydrogen-bond acceptors (Lipinski definition) is 3. The van der Waals surface area contributed by atoms with Gasteiger partial charge in [0.2, 0.25) is 0 Å². The Morgan fingerprint density at radius 1 is 1.71 bits per heavy atom. The summed E-state index contributed by atoms with van der Waals surface area (Å²) in [6, 6.07) is 1.27. The van der Waals surface area contributed by atoms with Gasteiger partial charge >= 0.3 is 0 Å². The predicted octanol–water partition coefficient (Wildman–Crippen LogP) is 1.09. The molecule has 0 bridgehead atoms.